The summed E-state index contributed by atoms with van der Waals surface area (Å²) in [6.07, 6.45) is 0. The van der Waals surface area contributed by atoms with Crippen LogP contribution in [0.15, 0.2) is 53.4 Å². The zero-order valence-electron chi connectivity index (χ0n) is 11.6. The summed E-state index contributed by atoms with van der Waals surface area (Å²) in [6, 6.07) is 10.6. The van der Waals surface area contributed by atoms with Gasteiger partial charge < -0.3 is 5.73 Å². The second-order valence-electron chi connectivity index (χ2n) is 4.82. The average molecular weight is 338 g/mol. The summed E-state index contributed by atoms with van der Waals surface area (Å²) in [4.78, 5) is 10.7. The van der Waals surface area contributed by atoms with E-state index in [0.29, 0.717) is 5.39 Å². The molecular formula is C15H12F2N2O3S. The van der Waals surface area contributed by atoms with E-state index >= 15 is 0 Å². The highest BCUT2D eigenvalue weighted by Crippen LogP contribution is 2.54. The third kappa shape index (κ3) is 2.37. The monoisotopic (exact) mass is 338 g/mol. The molecule has 3 aromatic rings. The van der Waals surface area contributed by atoms with Crippen LogP contribution in [0.5, 0.6) is 0 Å². The van der Waals surface area contributed by atoms with Gasteiger partial charge in [0.25, 0.3) is 5.91 Å². The first-order chi connectivity index (χ1) is 10.8. The Hall–Kier alpha value is -2.42. The van der Waals surface area contributed by atoms with Gasteiger partial charge in [-0.05, 0) is 24.3 Å². The SMILES string of the molecule is NC(=O)c1cc2ccccc2n1S(O)(O)c1c(F)cccc1F. The highest BCUT2D eigenvalue weighted by molar-refractivity contribution is 8.23. The van der Waals surface area contributed by atoms with Crippen LogP contribution in [0, 0.1) is 11.6 Å². The number of carbonyl (C=O) groups excluding carboxylic acids is 1. The molecule has 1 heterocycles. The molecule has 0 bridgehead atoms. The summed E-state index contributed by atoms with van der Waals surface area (Å²) >= 11 is 0. The molecule has 3 rings (SSSR count). The van der Waals surface area contributed by atoms with Gasteiger partial charge in [-0.3, -0.25) is 13.9 Å². The molecule has 4 N–H and O–H groups in total. The second kappa shape index (κ2) is 5.34. The Labute approximate surface area is 131 Å². The molecule has 2 aromatic carbocycles. The molecule has 0 spiro atoms. The molecule has 5 nitrogen and oxygen atoms in total. The molecular weight excluding hydrogens is 326 g/mol. The molecule has 0 saturated carbocycles. The number of nitrogens with zero attached hydrogens (tertiary/aromatic N) is 1. The number of rotatable bonds is 3. The molecule has 1 amide bonds. The first-order valence-corrected chi connectivity index (χ1v) is 7.97. The number of aromatic nitrogens is 1. The number of nitrogens with two attached hydrogens (primary N) is 1. The van der Waals surface area contributed by atoms with Crippen molar-refractivity contribution in [3.63, 3.8) is 0 Å². The van der Waals surface area contributed by atoms with Crippen molar-refractivity contribution < 1.29 is 22.7 Å². The van der Waals surface area contributed by atoms with Crippen LogP contribution < -0.4 is 5.73 Å². The molecule has 0 saturated heterocycles. The summed E-state index contributed by atoms with van der Waals surface area (Å²) in [6.45, 7) is 0. The van der Waals surface area contributed by atoms with Gasteiger partial charge in [-0.25, -0.2) is 12.8 Å². The van der Waals surface area contributed by atoms with Crippen molar-refractivity contribution in [3.05, 3.63) is 65.9 Å². The van der Waals surface area contributed by atoms with Crippen LogP contribution >= 0.6 is 10.8 Å². The fourth-order valence-electron chi connectivity index (χ4n) is 2.41. The first-order valence-electron chi connectivity index (χ1n) is 6.47. The van der Waals surface area contributed by atoms with Crippen LogP contribution in [0.4, 0.5) is 8.78 Å². The highest BCUT2D eigenvalue weighted by Gasteiger charge is 2.31. The van der Waals surface area contributed by atoms with Gasteiger partial charge in [0.2, 0.25) is 0 Å². The highest BCUT2D eigenvalue weighted by atomic mass is 32.3. The smallest absolute Gasteiger partial charge is 0.267 e. The number of fused-ring (bicyclic) bond motifs is 1. The number of amides is 1. The largest absolute Gasteiger partial charge is 0.364 e. The topological polar surface area (TPSA) is 88.5 Å². The maximum atomic E-state index is 14.0. The fourth-order valence-corrected chi connectivity index (χ4v) is 4.11. The summed E-state index contributed by atoms with van der Waals surface area (Å²) in [5.74, 6) is -3.20. The van der Waals surface area contributed by atoms with E-state index in [4.69, 9.17) is 5.73 Å². The summed E-state index contributed by atoms with van der Waals surface area (Å²) in [7, 11) is -4.19. The fraction of sp³-hybridized carbons (Fsp3) is 0. The van der Waals surface area contributed by atoms with E-state index in [2.05, 4.69) is 0 Å². The number of primary amides is 1. The molecule has 0 atom stereocenters. The van der Waals surface area contributed by atoms with Crippen molar-refractivity contribution in [2.24, 2.45) is 5.73 Å². The summed E-state index contributed by atoms with van der Waals surface area (Å²) < 4.78 is 49.9. The molecule has 8 heteroatoms. The van der Waals surface area contributed by atoms with E-state index < -0.39 is 33.2 Å². The Balaban J connectivity index is 2.38. The van der Waals surface area contributed by atoms with Crippen molar-refractivity contribution in [3.8, 4) is 0 Å². The standard InChI is InChI=1S/C15H12F2N2O3S/c16-10-5-3-6-11(17)14(10)23(21,22)19-12-7-2-1-4-9(12)8-13(19)15(18)20/h1-8,21-22H,(H2,18,20). The number of para-hydroxylation sites is 1. The maximum Gasteiger partial charge on any atom is 0.267 e. The molecule has 1 aromatic heterocycles. The molecule has 0 aliphatic heterocycles. The van der Waals surface area contributed by atoms with Crippen LogP contribution in [-0.2, 0) is 0 Å². The van der Waals surface area contributed by atoms with Crippen LogP contribution in [-0.4, -0.2) is 19.0 Å². The summed E-state index contributed by atoms with van der Waals surface area (Å²) in [5.41, 5.74) is 5.24. The van der Waals surface area contributed by atoms with Gasteiger partial charge in [0.05, 0.1) is 5.52 Å². The quantitative estimate of drug-likeness (QED) is 0.682. The third-order valence-electron chi connectivity index (χ3n) is 3.37. The van der Waals surface area contributed by atoms with E-state index in [-0.39, 0.29) is 11.2 Å². The molecule has 0 aliphatic carbocycles. The molecule has 0 unspecified atom stereocenters. The number of carbonyl (C=O) groups is 1. The van der Waals surface area contributed by atoms with Crippen LogP contribution in [0.2, 0.25) is 0 Å². The molecule has 23 heavy (non-hydrogen) atoms. The molecule has 0 aliphatic rings. The summed E-state index contributed by atoms with van der Waals surface area (Å²) in [5, 5.41) is 0.484. The Kier molecular flexibility index (Phi) is 3.59. The van der Waals surface area contributed by atoms with E-state index in [9.17, 15) is 22.7 Å². The molecule has 120 valence electrons. The predicted molar refractivity (Wildman–Crippen MR) is 83.3 cm³/mol. The van der Waals surface area contributed by atoms with Gasteiger partial charge in [0, 0.05) is 5.39 Å². The second-order valence-corrected chi connectivity index (χ2v) is 6.63. The normalized spacial score (nSPS) is 12.5. The van der Waals surface area contributed by atoms with Gasteiger partial charge in [-0.1, -0.05) is 35.0 Å². The van der Waals surface area contributed by atoms with E-state index in [1.54, 1.807) is 18.2 Å². The van der Waals surface area contributed by atoms with E-state index in [0.717, 1.165) is 22.2 Å². The van der Waals surface area contributed by atoms with Crippen LogP contribution in [0.25, 0.3) is 10.9 Å². The minimum atomic E-state index is -4.19. The average Bonchev–Trinajstić information content (AvgIpc) is 2.87. The van der Waals surface area contributed by atoms with Crippen molar-refractivity contribution >= 4 is 27.6 Å². The van der Waals surface area contributed by atoms with Crippen molar-refractivity contribution in [1.29, 1.82) is 0 Å². The van der Waals surface area contributed by atoms with E-state index in [1.807, 2.05) is 0 Å². The Bertz CT molecular complexity index is 904. The van der Waals surface area contributed by atoms with Crippen molar-refractivity contribution in [2.45, 2.75) is 4.90 Å². The lowest BCUT2D eigenvalue weighted by molar-refractivity contribution is 0.0994. The third-order valence-corrected chi connectivity index (χ3v) is 5.21. The lowest BCUT2D eigenvalue weighted by atomic mass is 10.2. The Morgan fingerprint density at radius 1 is 1.04 bits per heavy atom. The Morgan fingerprint density at radius 3 is 2.26 bits per heavy atom. The van der Waals surface area contributed by atoms with Gasteiger partial charge in [0.15, 0.2) is 16.5 Å². The van der Waals surface area contributed by atoms with Gasteiger partial charge in [-0.15, -0.1) is 0 Å². The lowest BCUT2D eigenvalue weighted by Crippen LogP contribution is -2.21. The zero-order chi connectivity index (χ0) is 16.8. The minimum Gasteiger partial charge on any atom is -0.364 e. The maximum absolute atomic E-state index is 14.0. The van der Waals surface area contributed by atoms with Gasteiger partial charge >= 0.3 is 0 Å². The number of hydrogen-bond donors (Lipinski definition) is 3. The van der Waals surface area contributed by atoms with Crippen LogP contribution in [0.3, 0.4) is 0 Å². The predicted octanol–water partition coefficient (Wildman–Crippen LogP) is 3.59. The molecule has 0 fully saturated rings. The number of benzene rings is 2. The Morgan fingerprint density at radius 2 is 1.65 bits per heavy atom. The minimum absolute atomic E-state index is 0.226. The molecule has 0 radical (unpaired) electrons. The zero-order valence-corrected chi connectivity index (χ0v) is 12.4. The first kappa shape index (κ1) is 15.5. The van der Waals surface area contributed by atoms with E-state index in [1.165, 1.54) is 12.1 Å². The lowest BCUT2D eigenvalue weighted by Gasteiger charge is -2.35. The van der Waals surface area contributed by atoms with Gasteiger partial charge in [-0.2, -0.15) is 0 Å². The van der Waals surface area contributed by atoms with Gasteiger partial charge in [0.1, 0.15) is 5.69 Å². The van der Waals surface area contributed by atoms with Crippen LogP contribution in [0.1, 0.15) is 10.5 Å². The number of hydrogen-bond acceptors (Lipinski definition) is 3. The van der Waals surface area contributed by atoms with Crippen molar-refractivity contribution in [2.75, 3.05) is 0 Å². The number of halogens is 2. The van der Waals surface area contributed by atoms with Crippen molar-refractivity contribution in [1.82, 2.24) is 3.97 Å².